The standard InChI is InChI=1S/C15H18FN3/c1-18-7-6-12(8-18)9-19-10-15(17-11-19)13-2-4-14(16)5-3-13/h2-5,10-12H,6-9H2,1H3. The lowest BCUT2D eigenvalue weighted by Crippen LogP contribution is -2.16. The number of likely N-dealkylation sites (tertiary alicyclic amines) is 1. The molecule has 19 heavy (non-hydrogen) atoms. The molecule has 1 aliphatic heterocycles. The Hall–Kier alpha value is -1.68. The lowest BCUT2D eigenvalue weighted by atomic mass is 10.1. The fourth-order valence-electron chi connectivity index (χ4n) is 2.70. The Balaban J connectivity index is 1.71. The molecule has 1 aliphatic rings. The second kappa shape index (κ2) is 5.13. The Bertz CT molecular complexity index is 547. The van der Waals surface area contributed by atoms with Gasteiger partial charge in [-0.1, -0.05) is 0 Å². The fraction of sp³-hybridized carbons (Fsp3) is 0.400. The molecule has 0 saturated carbocycles. The van der Waals surface area contributed by atoms with Gasteiger partial charge in [0.15, 0.2) is 0 Å². The number of imidazole rings is 1. The third-order valence-corrected chi connectivity index (χ3v) is 3.73. The van der Waals surface area contributed by atoms with Crippen LogP contribution in [0.25, 0.3) is 11.3 Å². The molecule has 0 aliphatic carbocycles. The van der Waals surface area contributed by atoms with Gasteiger partial charge in [-0.2, -0.15) is 0 Å². The van der Waals surface area contributed by atoms with Crippen molar-refractivity contribution in [1.82, 2.24) is 14.5 Å². The molecule has 0 radical (unpaired) electrons. The molecule has 1 atom stereocenters. The van der Waals surface area contributed by atoms with Gasteiger partial charge < -0.3 is 9.47 Å². The second-order valence-electron chi connectivity index (χ2n) is 5.38. The molecule has 2 heterocycles. The van der Waals surface area contributed by atoms with E-state index in [9.17, 15) is 4.39 Å². The normalized spacial score (nSPS) is 20.0. The first-order valence-corrected chi connectivity index (χ1v) is 6.67. The van der Waals surface area contributed by atoms with Crippen molar-refractivity contribution in [2.45, 2.75) is 13.0 Å². The maximum absolute atomic E-state index is 12.9. The molecule has 0 bridgehead atoms. The van der Waals surface area contributed by atoms with E-state index in [1.54, 1.807) is 12.1 Å². The first kappa shape index (κ1) is 12.4. The summed E-state index contributed by atoms with van der Waals surface area (Å²) in [7, 11) is 2.16. The van der Waals surface area contributed by atoms with Crippen molar-refractivity contribution in [3.63, 3.8) is 0 Å². The lowest BCUT2D eigenvalue weighted by molar-refractivity contribution is 0.378. The zero-order valence-corrected chi connectivity index (χ0v) is 11.1. The summed E-state index contributed by atoms with van der Waals surface area (Å²) in [6.45, 7) is 3.35. The number of rotatable bonds is 3. The van der Waals surface area contributed by atoms with Gasteiger partial charge in [0.05, 0.1) is 12.0 Å². The van der Waals surface area contributed by atoms with E-state index in [2.05, 4.69) is 21.5 Å². The van der Waals surface area contributed by atoms with Crippen molar-refractivity contribution in [2.24, 2.45) is 5.92 Å². The average Bonchev–Trinajstić information content (AvgIpc) is 3.00. The Labute approximate surface area is 112 Å². The number of hydrogen-bond donors (Lipinski definition) is 0. The zero-order chi connectivity index (χ0) is 13.2. The van der Waals surface area contributed by atoms with Gasteiger partial charge in [-0.15, -0.1) is 0 Å². The van der Waals surface area contributed by atoms with Gasteiger partial charge in [0.1, 0.15) is 5.82 Å². The van der Waals surface area contributed by atoms with Crippen LogP contribution in [0.5, 0.6) is 0 Å². The second-order valence-corrected chi connectivity index (χ2v) is 5.38. The van der Waals surface area contributed by atoms with Crippen molar-refractivity contribution in [3.05, 3.63) is 42.6 Å². The van der Waals surface area contributed by atoms with Gasteiger partial charge >= 0.3 is 0 Å². The minimum Gasteiger partial charge on any atom is -0.337 e. The van der Waals surface area contributed by atoms with Crippen molar-refractivity contribution >= 4 is 0 Å². The third-order valence-electron chi connectivity index (χ3n) is 3.73. The van der Waals surface area contributed by atoms with Crippen LogP contribution in [0, 0.1) is 11.7 Å². The van der Waals surface area contributed by atoms with Gasteiger partial charge in [0, 0.05) is 24.8 Å². The summed E-state index contributed by atoms with van der Waals surface area (Å²) in [5, 5.41) is 0. The van der Waals surface area contributed by atoms with Crippen LogP contribution < -0.4 is 0 Å². The maximum Gasteiger partial charge on any atom is 0.123 e. The molecule has 1 aromatic carbocycles. The summed E-state index contributed by atoms with van der Waals surface area (Å²) < 4.78 is 15.0. The van der Waals surface area contributed by atoms with E-state index in [0.29, 0.717) is 5.92 Å². The molecule has 100 valence electrons. The number of benzene rings is 1. The molecular formula is C15H18FN3. The summed E-state index contributed by atoms with van der Waals surface area (Å²) >= 11 is 0. The van der Waals surface area contributed by atoms with Crippen molar-refractivity contribution in [2.75, 3.05) is 20.1 Å². The molecule has 3 rings (SSSR count). The van der Waals surface area contributed by atoms with E-state index in [1.807, 2.05) is 12.5 Å². The first-order chi connectivity index (χ1) is 9.20. The van der Waals surface area contributed by atoms with Crippen molar-refractivity contribution < 1.29 is 4.39 Å². The third kappa shape index (κ3) is 2.84. The SMILES string of the molecule is CN1CCC(Cn2cnc(-c3ccc(F)cc3)c2)C1. The molecule has 0 spiro atoms. The maximum atomic E-state index is 12.9. The number of nitrogens with zero attached hydrogens (tertiary/aromatic N) is 3. The highest BCUT2D eigenvalue weighted by Crippen LogP contribution is 2.20. The van der Waals surface area contributed by atoms with Crippen LogP contribution in [-0.2, 0) is 6.54 Å². The van der Waals surface area contributed by atoms with E-state index in [4.69, 9.17) is 0 Å². The summed E-state index contributed by atoms with van der Waals surface area (Å²) in [4.78, 5) is 6.77. The van der Waals surface area contributed by atoms with Crippen LogP contribution in [0.1, 0.15) is 6.42 Å². The molecule has 0 N–H and O–H groups in total. The summed E-state index contributed by atoms with van der Waals surface area (Å²) in [6, 6.07) is 6.48. The van der Waals surface area contributed by atoms with Crippen LogP contribution in [0.3, 0.4) is 0 Å². The van der Waals surface area contributed by atoms with Gasteiger partial charge in [-0.3, -0.25) is 0 Å². The monoisotopic (exact) mass is 259 g/mol. The predicted octanol–water partition coefficient (Wildman–Crippen LogP) is 2.64. The van der Waals surface area contributed by atoms with E-state index >= 15 is 0 Å². The molecule has 0 amide bonds. The van der Waals surface area contributed by atoms with E-state index < -0.39 is 0 Å². The van der Waals surface area contributed by atoms with Crippen molar-refractivity contribution in [3.8, 4) is 11.3 Å². The highest BCUT2D eigenvalue weighted by atomic mass is 19.1. The van der Waals surface area contributed by atoms with E-state index in [1.165, 1.54) is 25.1 Å². The molecule has 4 heteroatoms. The average molecular weight is 259 g/mol. The topological polar surface area (TPSA) is 21.1 Å². The molecule has 1 fully saturated rings. The minimum absolute atomic E-state index is 0.211. The summed E-state index contributed by atoms with van der Waals surface area (Å²) in [5.74, 6) is 0.498. The number of aromatic nitrogens is 2. The lowest BCUT2D eigenvalue weighted by Gasteiger charge is -2.10. The van der Waals surface area contributed by atoms with Crippen LogP contribution in [0.2, 0.25) is 0 Å². The van der Waals surface area contributed by atoms with Crippen LogP contribution in [-0.4, -0.2) is 34.6 Å². The zero-order valence-electron chi connectivity index (χ0n) is 11.1. The van der Waals surface area contributed by atoms with Crippen LogP contribution in [0.15, 0.2) is 36.8 Å². The number of halogens is 1. The predicted molar refractivity (Wildman–Crippen MR) is 73.2 cm³/mol. The fourth-order valence-corrected chi connectivity index (χ4v) is 2.70. The minimum atomic E-state index is -0.211. The Morgan fingerprint density at radius 2 is 2.11 bits per heavy atom. The summed E-state index contributed by atoms with van der Waals surface area (Å²) in [5.41, 5.74) is 1.87. The van der Waals surface area contributed by atoms with Gasteiger partial charge in [-0.25, -0.2) is 9.37 Å². The smallest absolute Gasteiger partial charge is 0.123 e. The van der Waals surface area contributed by atoms with Crippen molar-refractivity contribution in [1.29, 1.82) is 0 Å². The van der Waals surface area contributed by atoms with E-state index in [0.717, 1.165) is 24.3 Å². The molecular weight excluding hydrogens is 241 g/mol. The Kier molecular flexibility index (Phi) is 3.34. The number of hydrogen-bond acceptors (Lipinski definition) is 2. The van der Waals surface area contributed by atoms with Crippen LogP contribution in [0.4, 0.5) is 4.39 Å². The molecule has 1 aromatic heterocycles. The molecule has 3 nitrogen and oxygen atoms in total. The molecule has 1 unspecified atom stereocenters. The van der Waals surface area contributed by atoms with Gasteiger partial charge in [0.2, 0.25) is 0 Å². The van der Waals surface area contributed by atoms with E-state index in [-0.39, 0.29) is 5.82 Å². The Morgan fingerprint density at radius 1 is 1.32 bits per heavy atom. The highest BCUT2D eigenvalue weighted by Gasteiger charge is 2.19. The largest absolute Gasteiger partial charge is 0.337 e. The quantitative estimate of drug-likeness (QED) is 0.845. The molecule has 2 aromatic rings. The Morgan fingerprint density at radius 3 is 2.79 bits per heavy atom. The highest BCUT2D eigenvalue weighted by molar-refractivity contribution is 5.57. The molecule has 1 saturated heterocycles. The van der Waals surface area contributed by atoms with Crippen LogP contribution >= 0.6 is 0 Å². The van der Waals surface area contributed by atoms with Gasteiger partial charge in [0.25, 0.3) is 0 Å². The summed E-state index contributed by atoms with van der Waals surface area (Å²) in [6.07, 6.45) is 5.17. The first-order valence-electron chi connectivity index (χ1n) is 6.67. The van der Waals surface area contributed by atoms with Gasteiger partial charge in [-0.05, 0) is 50.2 Å².